The first kappa shape index (κ1) is 15.0. The van der Waals surface area contributed by atoms with Crippen molar-refractivity contribution < 1.29 is 0 Å². The minimum Gasteiger partial charge on any atom is -0.335 e. The molecular formula is C18H19N3S. The van der Waals surface area contributed by atoms with E-state index in [1.54, 1.807) is 11.8 Å². The molecule has 2 aromatic rings. The van der Waals surface area contributed by atoms with Crippen LogP contribution in [0.1, 0.15) is 12.5 Å². The monoisotopic (exact) mass is 309 g/mol. The third kappa shape index (κ3) is 2.70. The van der Waals surface area contributed by atoms with Crippen molar-refractivity contribution in [3.8, 4) is 6.07 Å². The molecule has 3 rings (SSSR count). The maximum absolute atomic E-state index is 9.22. The predicted octanol–water partition coefficient (Wildman–Crippen LogP) is 4.11. The summed E-state index contributed by atoms with van der Waals surface area (Å²) in [4.78, 5) is 7.04. The molecule has 2 aromatic carbocycles. The molecule has 1 atom stereocenters. The summed E-state index contributed by atoms with van der Waals surface area (Å²) in [6, 6.07) is 17.0. The van der Waals surface area contributed by atoms with Crippen LogP contribution >= 0.6 is 11.8 Å². The number of para-hydroxylation sites is 1. The number of fused-ring (bicyclic) bond motifs is 2. The van der Waals surface area contributed by atoms with Crippen molar-refractivity contribution in [3.05, 3.63) is 48.0 Å². The van der Waals surface area contributed by atoms with Gasteiger partial charge in [0.05, 0.1) is 23.0 Å². The zero-order chi connectivity index (χ0) is 15.7. The zero-order valence-electron chi connectivity index (χ0n) is 13.1. The lowest BCUT2D eigenvalue weighted by molar-refractivity contribution is 0.380. The summed E-state index contributed by atoms with van der Waals surface area (Å²) >= 11 is 1.78. The van der Waals surface area contributed by atoms with Gasteiger partial charge in [-0.2, -0.15) is 5.26 Å². The molecule has 0 N–H and O–H groups in total. The van der Waals surface area contributed by atoms with Gasteiger partial charge in [0.2, 0.25) is 0 Å². The average Bonchev–Trinajstić information content (AvgIpc) is 2.51. The molecule has 0 fully saturated rings. The number of benzene rings is 2. The molecule has 0 bridgehead atoms. The summed E-state index contributed by atoms with van der Waals surface area (Å²) in [5.74, 6) is 0. The Morgan fingerprint density at radius 1 is 1.14 bits per heavy atom. The van der Waals surface area contributed by atoms with Crippen LogP contribution < -0.4 is 4.90 Å². The number of likely N-dealkylation sites (N-methyl/N-ethyl adjacent to an activating group) is 1. The molecule has 22 heavy (non-hydrogen) atoms. The standard InChI is InChI=1S/C18H19N3S/c1-13(12-20(2)3)21-15-6-4-5-7-17(15)22-18-9-8-14(11-19)10-16(18)21/h4-10,13H,12H2,1-3H3/t13-/m1/s1. The number of rotatable bonds is 3. The van der Waals surface area contributed by atoms with E-state index in [0.29, 0.717) is 11.6 Å². The van der Waals surface area contributed by atoms with E-state index in [4.69, 9.17) is 0 Å². The van der Waals surface area contributed by atoms with Crippen LogP contribution in [0.4, 0.5) is 11.4 Å². The molecule has 0 radical (unpaired) electrons. The maximum Gasteiger partial charge on any atom is 0.0992 e. The van der Waals surface area contributed by atoms with Gasteiger partial charge in [-0.05, 0) is 51.4 Å². The number of hydrogen-bond donors (Lipinski definition) is 0. The molecule has 0 spiro atoms. The van der Waals surface area contributed by atoms with Gasteiger partial charge in [-0.1, -0.05) is 23.9 Å². The second-order valence-corrected chi connectivity index (χ2v) is 6.93. The summed E-state index contributed by atoms with van der Waals surface area (Å²) in [6.07, 6.45) is 0. The Kier molecular flexibility index (Phi) is 4.10. The fraction of sp³-hybridized carbons (Fsp3) is 0.278. The molecule has 0 aliphatic carbocycles. The van der Waals surface area contributed by atoms with E-state index in [9.17, 15) is 5.26 Å². The van der Waals surface area contributed by atoms with E-state index in [1.165, 1.54) is 15.5 Å². The number of nitrogens with zero attached hydrogens (tertiary/aromatic N) is 3. The fourth-order valence-corrected chi connectivity index (χ4v) is 3.99. The molecule has 0 amide bonds. The van der Waals surface area contributed by atoms with Crippen molar-refractivity contribution in [1.82, 2.24) is 4.90 Å². The van der Waals surface area contributed by atoms with E-state index in [0.717, 1.165) is 12.2 Å². The Morgan fingerprint density at radius 3 is 2.59 bits per heavy atom. The minimum atomic E-state index is 0.324. The second-order valence-electron chi connectivity index (χ2n) is 5.85. The van der Waals surface area contributed by atoms with E-state index in [-0.39, 0.29) is 0 Å². The molecule has 1 aliphatic heterocycles. The Labute approximate surface area is 136 Å². The van der Waals surface area contributed by atoms with E-state index in [1.807, 2.05) is 12.1 Å². The Morgan fingerprint density at radius 2 is 1.86 bits per heavy atom. The van der Waals surface area contributed by atoms with Crippen LogP contribution in [0, 0.1) is 11.3 Å². The smallest absolute Gasteiger partial charge is 0.0992 e. The Bertz CT molecular complexity index is 733. The Balaban J connectivity index is 2.12. The van der Waals surface area contributed by atoms with Gasteiger partial charge in [0.25, 0.3) is 0 Å². The molecule has 1 heterocycles. The zero-order valence-corrected chi connectivity index (χ0v) is 13.9. The molecule has 0 aromatic heterocycles. The van der Waals surface area contributed by atoms with Gasteiger partial charge in [0, 0.05) is 22.4 Å². The van der Waals surface area contributed by atoms with Crippen LogP contribution in [0.15, 0.2) is 52.3 Å². The van der Waals surface area contributed by atoms with Crippen molar-refractivity contribution in [3.63, 3.8) is 0 Å². The van der Waals surface area contributed by atoms with Crippen molar-refractivity contribution in [1.29, 1.82) is 5.26 Å². The SMILES string of the molecule is C[C@H](CN(C)C)N1c2ccccc2Sc2ccc(C#N)cc21. The number of hydrogen-bond acceptors (Lipinski definition) is 4. The third-order valence-corrected chi connectivity index (χ3v) is 4.89. The third-order valence-electron chi connectivity index (χ3n) is 3.76. The van der Waals surface area contributed by atoms with E-state index >= 15 is 0 Å². The molecular weight excluding hydrogens is 290 g/mol. The maximum atomic E-state index is 9.22. The van der Waals surface area contributed by atoms with Crippen molar-refractivity contribution in [2.45, 2.75) is 22.8 Å². The summed E-state index contributed by atoms with van der Waals surface area (Å²) < 4.78 is 0. The highest BCUT2D eigenvalue weighted by Crippen LogP contribution is 2.49. The topological polar surface area (TPSA) is 30.3 Å². The molecule has 0 saturated heterocycles. The van der Waals surface area contributed by atoms with Crippen LogP contribution in [0.3, 0.4) is 0 Å². The average molecular weight is 309 g/mol. The molecule has 4 heteroatoms. The molecule has 0 saturated carbocycles. The highest BCUT2D eigenvalue weighted by Gasteiger charge is 2.27. The van der Waals surface area contributed by atoms with Gasteiger partial charge in [0.15, 0.2) is 0 Å². The fourth-order valence-electron chi connectivity index (χ4n) is 2.94. The highest BCUT2D eigenvalue weighted by atomic mass is 32.2. The van der Waals surface area contributed by atoms with Gasteiger partial charge in [-0.25, -0.2) is 0 Å². The van der Waals surface area contributed by atoms with E-state index in [2.05, 4.69) is 67.2 Å². The van der Waals surface area contributed by atoms with E-state index < -0.39 is 0 Å². The Hall–Kier alpha value is -1.96. The molecule has 112 valence electrons. The largest absolute Gasteiger partial charge is 0.335 e. The lowest BCUT2D eigenvalue weighted by Crippen LogP contribution is -2.38. The van der Waals surface area contributed by atoms with Gasteiger partial charge >= 0.3 is 0 Å². The van der Waals surface area contributed by atoms with Gasteiger partial charge < -0.3 is 9.80 Å². The van der Waals surface area contributed by atoms with Crippen LogP contribution in [0.2, 0.25) is 0 Å². The first-order valence-corrected chi connectivity index (χ1v) is 8.17. The highest BCUT2D eigenvalue weighted by molar-refractivity contribution is 7.99. The first-order chi connectivity index (χ1) is 10.6. The lowest BCUT2D eigenvalue weighted by atomic mass is 10.1. The van der Waals surface area contributed by atoms with Crippen molar-refractivity contribution >= 4 is 23.1 Å². The normalized spacial score (nSPS) is 14.2. The van der Waals surface area contributed by atoms with Gasteiger partial charge in [0.1, 0.15) is 0 Å². The summed E-state index contributed by atoms with van der Waals surface area (Å²) in [5.41, 5.74) is 3.07. The second kappa shape index (κ2) is 6.04. The predicted molar refractivity (Wildman–Crippen MR) is 91.9 cm³/mol. The number of nitriles is 1. The van der Waals surface area contributed by atoms with Crippen molar-refractivity contribution in [2.75, 3.05) is 25.5 Å². The minimum absolute atomic E-state index is 0.324. The van der Waals surface area contributed by atoms with Crippen molar-refractivity contribution in [2.24, 2.45) is 0 Å². The summed E-state index contributed by atoms with van der Waals surface area (Å²) in [7, 11) is 4.18. The molecule has 3 nitrogen and oxygen atoms in total. The number of anilines is 2. The van der Waals surface area contributed by atoms with Gasteiger partial charge in [-0.15, -0.1) is 0 Å². The quantitative estimate of drug-likeness (QED) is 0.853. The van der Waals surface area contributed by atoms with Crippen LogP contribution in [-0.2, 0) is 0 Å². The first-order valence-electron chi connectivity index (χ1n) is 7.35. The van der Waals surface area contributed by atoms with Crippen LogP contribution in [0.5, 0.6) is 0 Å². The molecule has 0 unspecified atom stereocenters. The van der Waals surface area contributed by atoms with Gasteiger partial charge in [-0.3, -0.25) is 0 Å². The summed E-state index contributed by atoms with van der Waals surface area (Å²) in [6.45, 7) is 3.19. The summed E-state index contributed by atoms with van der Waals surface area (Å²) in [5, 5.41) is 9.22. The molecule has 1 aliphatic rings. The lowest BCUT2D eigenvalue weighted by Gasteiger charge is -2.38. The van der Waals surface area contributed by atoms with Crippen LogP contribution in [0.25, 0.3) is 0 Å². The van der Waals surface area contributed by atoms with Crippen LogP contribution in [-0.4, -0.2) is 31.6 Å².